The zero-order valence-electron chi connectivity index (χ0n) is 22.8. The smallest absolute Gasteiger partial charge is 0.329 e. The van der Waals surface area contributed by atoms with E-state index in [4.69, 9.17) is 4.74 Å². The van der Waals surface area contributed by atoms with E-state index in [1.807, 2.05) is 76.1 Å². The van der Waals surface area contributed by atoms with Crippen molar-refractivity contribution >= 4 is 46.2 Å². The van der Waals surface area contributed by atoms with Crippen LogP contribution in [0, 0.1) is 6.92 Å². The molecule has 1 atom stereocenters. The number of rotatable bonds is 12. The Bertz CT molecular complexity index is 1520. The van der Waals surface area contributed by atoms with Crippen molar-refractivity contribution in [3.63, 3.8) is 0 Å². The highest BCUT2D eigenvalue weighted by atomic mass is 32.2. The molecule has 1 aromatic heterocycles. The fourth-order valence-corrected chi connectivity index (χ4v) is 6.09. The lowest BCUT2D eigenvalue weighted by atomic mass is 10.0. The van der Waals surface area contributed by atoms with Crippen LogP contribution in [0.3, 0.4) is 0 Å². The van der Waals surface area contributed by atoms with E-state index in [2.05, 4.69) is 36.1 Å². The monoisotopic (exact) mass is 561 g/mol. The van der Waals surface area contributed by atoms with Gasteiger partial charge in [-0.2, -0.15) is 0 Å². The summed E-state index contributed by atoms with van der Waals surface area (Å²) in [7, 11) is 1.61. The van der Waals surface area contributed by atoms with Gasteiger partial charge in [-0.25, -0.2) is 4.79 Å². The second-order valence-electron chi connectivity index (χ2n) is 9.35. The Labute approximate surface area is 238 Å². The number of aromatic nitrogens is 2. The molecule has 4 rings (SSSR count). The molecule has 0 spiro atoms. The molecule has 0 aliphatic rings. The van der Waals surface area contributed by atoms with Crippen LogP contribution in [0.1, 0.15) is 43.4 Å². The van der Waals surface area contributed by atoms with Gasteiger partial charge in [0.05, 0.1) is 29.6 Å². The maximum Gasteiger partial charge on any atom is 0.329 e. The van der Waals surface area contributed by atoms with E-state index in [0.717, 1.165) is 33.5 Å². The lowest BCUT2D eigenvalue weighted by Crippen LogP contribution is -2.30. The number of imidazole rings is 1. The Morgan fingerprint density at radius 1 is 1.03 bits per heavy atom. The second-order valence-corrected chi connectivity index (χ2v) is 10.9. The van der Waals surface area contributed by atoms with Gasteiger partial charge in [-0.15, -0.1) is 11.8 Å². The molecule has 0 saturated heterocycles. The molecule has 0 saturated carbocycles. The number of hydrogen-bond acceptors (Lipinski definition) is 5. The number of carbonyl (C=O) groups is 1. The summed E-state index contributed by atoms with van der Waals surface area (Å²) in [6, 6.07) is 23.4. The number of methoxy groups -OCH3 is 1. The number of ether oxygens (including phenoxy) is 1. The molecule has 6 nitrogen and oxygen atoms in total. The van der Waals surface area contributed by atoms with Crippen molar-refractivity contribution in [2.45, 2.75) is 50.6 Å². The third-order valence-electron chi connectivity index (χ3n) is 6.70. The molecule has 3 aromatic carbocycles. The van der Waals surface area contributed by atoms with Crippen LogP contribution >= 0.6 is 23.7 Å². The molecule has 1 N–H and O–H groups in total. The first-order valence-electron chi connectivity index (χ1n) is 13.0. The summed E-state index contributed by atoms with van der Waals surface area (Å²) < 4.78 is 12.0. The predicted octanol–water partition coefficient (Wildman–Crippen LogP) is 7.08. The molecular weight excluding hydrogens is 526 g/mol. The summed E-state index contributed by atoms with van der Waals surface area (Å²) in [4.78, 5) is 28.0. The van der Waals surface area contributed by atoms with E-state index in [0.29, 0.717) is 18.7 Å². The van der Waals surface area contributed by atoms with Gasteiger partial charge >= 0.3 is 5.69 Å². The van der Waals surface area contributed by atoms with Crippen LogP contribution < -0.4 is 15.1 Å². The van der Waals surface area contributed by atoms with E-state index in [1.54, 1.807) is 18.9 Å². The van der Waals surface area contributed by atoms with Gasteiger partial charge in [0, 0.05) is 12.5 Å². The molecule has 1 heterocycles. The van der Waals surface area contributed by atoms with Crippen LogP contribution in [0.25, 0.3) is 16.6 Å². The van der Waals surface area contributed by atoms with Crippen molar-refractivity contribution in [1.29, 1.82) is 0 Å². The number of para-hydroxylation sites is 3. The molecule has 0 aliphatic heterocycles. The molecule has 39 heavy (non-hydrogen) atoms. The van der Waals surface area contributed by atoms with E-state index in [-0.39, 0.29) is 24.1 Å². The molecule has 8 heteroatoms. The Balaban J connectivity index is 1.66. The summed E-state index contributed by atoms with van der Waals surface area (Å²) >= 11 is 2.87. The molecule has 1 unspecified atom stereocenters. The molecule has 204 valence electrons. The highest BCUT2D eigenvalue weighted by Crippen LogP contribution is 2.29. The molecular formula is C31H35N3O3S2. The number of nitrogens with one attached hydrogen (secondary N) is 1. The Kier molecular flexibility index (Phi) is 10.0. The van der Waals surface area contributed by atoms with Crippen LogP contribution in [0.2, 0.25) is 0 Å². The van der Waals surface area contributed by atoms with E-state index in [9.17, 15) is 9.59 Å². The van der Waals surface area contributed by atoms with Crippen LogP contribution in [-0.2, 0) is 11.3 Å². The van der Waals surface area contributed by atoms with Crippen LogP contribution in [-0.4, -0.2) is 28.4 Å². The largest absolute Gasteiger partial charge is 0.496 e. The van der Waals surface area contributed by atoms with Gasteiger partial charge in [0.15, 0.2) is 0 Å². The predicted molar refractivity (Wildman–Crippen MR) is 164 cm³/mol. The minimum Gasteiger partial charge on any atom is -0.496 e. The normalized spacial score (nSPS) is 12.5. The molecule has 0 aliphatic carbocycles. The number of nitrogens with zero attached hydrogens (tertiary/aromatic N) is 2. The Hall–Kier alpha value is -3.36. The van der Waals surface area contributed by atoms with Gasteiger partial charge in [0.1, 0.15) is 5.75 Å². The van der Waals surface area contributed by atoms with Gasteiger partial charge in [0.2, 0.25) is 5.91 Å². The van der Waals surface area contributed by atoms with Crippen molar-refractivity contribution in [2.75, 3.05) is 13.4 Å². The summed E-state index contributed by atoms with van der Waals surface area (Å²) in [5, 5.41) is 2.12. The lowest BCUT2D eigenvalue weighted by Gasteiger charge is -2.18. The quantitative estimate of drug-likeness (QED) is 0.187. The number of benzene rings is 3. The van der Waals surface area contributed by atoms with Gasteiger partial charge in [-0.1, -0.05) is 61.9 Å². The van der Waals surface area contributed by atoms with E-state index < -0.39 is 0 Å². The lowest BCUT2D eigenvalue weighted by molar-refractivity contribution is -0.120. The maximum atomic E-state index is 14.0. The Morgan fingerprint density at radius 2 is 1.72 bits per heavy atom. The zero-order chi connectivity index (χ0) is 27.8. The van der Waals surface area contributed by atoms with Crippen LogP contribution in [0.4, 0.5) is 0 Å². The van der Waals surface area contributed by atoms with Crippen molar-refractivity contribution < 1.29 is 9.53 Å². The van der Waals surface area contributed by atoms with Gasteiger partial charge in [-0.05, 0) is 77.9 Å². The second kappa shape index (κ2) is 13.6. The van der Waals surface area contributed by atoms with Crippen molar-refractivity contribution in [3.05, 3.63) is 99.8 Å². The molecule has 0 fully saturated rings. The van der Waals surface area contributed by atoms with Crippen LogP contribution in [0.15, 0.2) is 87.9 Å². The summed E-state index contributed by atoms with van der Waals surface area (Å²) in [5.41, 5.74) is 5.01. The van der Waals surface area contributed by atoms with Gasteiger partial charge < -0.3 is 4.74 Å². The minimum atomic E-state index is -0.265. The number of amides is 1. The fourth-order valence-electron chi connectivity index (χ4n) is 4.90. The number of allylic oxidation sites excluding steroid dienone is 1. The summed E-state index contributed by atoms with van der Waals surface area (Å²) in [6.45, 7) is 4.62. The first kappa shape index (κ1) is 28.6. The minimum absolute atomic E-state index is 0.0968. The topological polar surface area (TPSA) is 65.3 Å². The summed E-state index contributed by atoms with van der Waals surface area (Å²) in [6.07, 6.45) is 3.80. The average molecular weight is 562 g/mol. The van der Waals surface area contributed by atoms with Crippen LogP contribution in [0.5, 0.6) is 5.75 Å². The summed E-state index contributed by atoms with van der Waals surface area (Å²) in [5.74, 6) is 0.575. The fraction of sp³-hybridized carbons (Fsp3) is 0.290. The first-order chi connectivity index (χ1) is 19.0. The number of thioether (sulfide) groups is 1. The van der Waals surface area contributed by atoms with Crippen molar-refractivity contribution in [1.82, 2.24) is 13.9 Å². The van der Waals surface area contributed by atoms with Gasteiger partial charge in [0.25, 0.3) is 0 Å². The third-order valence-corrected chi connectivity index (χ3v) is 8.11. The molecule has 1 amide bonds. The SMILES string of the molecule is CCCC(CC(=O)NSc1ccccc1OC)n1c(=O)n(C/C(=C/SC)c2ccccc2C)c2ccccc21. The standard InChI is InChI=1S/C31H35N3O3S2/c1-5-12-24(19-30(35)32-39-29-18-11-10-17-28(29)37-3)34-27-16-9-8-15-26(27)33(31(34)36)20-23(21-38-4)25-14-7-6-13-22(25)2/h6-11,13-18,21,24H,5,12,19-20H2,1-4H3,(H,32,35)/b23-21-. The molecule has 4 aromatic rings. The van der Waals surface area contributed by atoms with E-state index >= 15 is 0 Å². The highest BCUT2D eigenvalue weighted by molar-refractivity contribution is 8.01. The number of carbonyl (C=O) groups excluding carboxylic acids is 1. The zero-order valence-corrected chi connectivity index (χ0v) is 24.5. The number of fused-ring (bicyclic) bond motifs is 1. The molecule has 0 bridgehead atoms. The van der Waals surface area contributed by atoms with Crippen molar-refractivity contribution in [3.8, 4) is 5.75 Å². The van der Waals surface area contributed by atoms with Crippen molar-refractivity contribution in [2.24, 2.45) is 0 Å². The van der Waals surface area contributed by atoms with E-state index in [1.165, 1.54) is 17.5 Å². The average Bonchev–Trinajstić information content (AvgIpc) is 3.22. The maximum absolute atomic E-state index is 14.0. The highest BCUT2D eigenvalue weighted by Gasteiger charge is 2.23. The third kappa shape index (κ3) is 6.62. The molecule has 0 radical (unpaired) electrons. The van der Waals surface area contributed by atoms with Gasteiger partial charge in [-0.3, -0.25) is 18.7 Å². The number of aryl methyl sites for hydroxylation is 1. The number of hydrogen-bond donors (Lipinski definition) is 1. The Morgan fingerprint density at radius 3 is 2.44 bits per heavy atom. The first-order valence-corrected chi connectivity index (χ1v) is 15.1.